The second kappa shape index (κ2) is 9.81. The highest BCUT2D eigenvalue weighted by Gasteiger charge is 2.21. The predicted octanol–water partition coefficient (Wildman–Crippen LogP) is 6.89. The maximum atomic E-state index is 14.0. The SMILES string of the molecule is COc1ccccc1-n1c(SCc2ccccc2C)nc2c(sc(=S)n2-c2ccccc2C)c1=O. The van der Waals surface area contributed by atoms with Gasteiger partial charge < -0.3 is 4.74 Å². The zero-order valence-electron chi connectivity index (χ0n) is 19.5. The number of aryl methyl sites for hydroxylation is 2. The van der Waals surface area contributed by atoms with Gasteiger partial charge in [-0.25, -0.2) is 4.98 Å². The molecule has 2 aromatic heterocycles. The van der Waals surface area contributed by atoms with Crippen molar-refractivity contribution in [2.45, 2.75) is 24.8 Å². The van der Waals surface area contributed by atoms with Crippen molar-refractivity contribution >= 4 is 45.7 Å². The lowest BCUT2D eigenvalue weighted by atomic mass is 10.1. The molecule has 0 atom stereocenters. The topological polar surface area (TPSA) is 49.0 Å². The lowest BCUT2D eigenvalue weighted by Crippen LogP contribution is -2.22. The van der Waals surface area contributed by atoms with Crippen molar-refractivity contribution in [1.82, 2.24) is 14.1 Å². The third-order valence-electron chi connectivity index (χ3n) is 5.88. The van der Waals surface area contributed by atoms with Crippen molar-refractivity contribution in [3.63, 3.8) is 0 Å². The van der Waals surface area contributed by atoms with Gasteiger partial charge in [-0.2, -0.15) is 0 Å². The Hall–Kier alpha value is -3.20. The molecule has 0 amide bonds. The fraction of sp³-hybridized carbons (Fsp3) is 0.148. The van der Waals surface area contributed by atoms with Crippen LogP contribution in [0, 0.1) is 17.8 Å². The van der Waals surface area contributed by atoms with Gasteiger partial charge in [0.25, 0.3) is 5.56 Å². The zero-order valence-corrected chi connectivity index (χ0v) is 22.0. The Morgan fingerprint density at radius 2 is 1.57 bits per heavy atom. The summed E-state index contributed by atoms with van der Waals surface area (Å²) in [4.78, 5) is 19.0. The molecule has 0 aliphatic rings. The third kappa shape index (κ3) is 4.33. The molecule has 0 aliphatic heterocycles. The van der Waals surface area contributed by atoms with E-state index < -0.39 is 0 Å². The minimum atomic E-state index is -0.157. The Bertz CT molecular complexity index is 1670. The number of para-hydroxylation sites is 3. The van der Waals surface area contributed by atoms with Crippen LogP contribution in [0.2, 0.25) is 0 Å². The number of thioether (sulfide) groups is 1. The smallest absolute Gasteiger partial charge is 0.278 e. The van der Waals surface area contributed by atoms with Crippen LogP contribution in [-0.4, -0.2) is 21.2 Å². The van der Waals surface area contributed by atoms with Crippen LogP contribution in [0.5, 0.6) is 5.75 Å². The van der Waals surface area contributed by atoms with E-state index in [1.165, 1.54) is 34.2 Å². The molecule has 5 aromatic rings. The second-order valence-corrected chi connectivity index (χ2v) is 10.7. The predicted molar refractivity (Wildman–Crippen MR) is 147 cm³/mol. The van der Waals surface area contributed by atoms with Crippen molar-refractivity contribution in [3.05, 3.63) is 104 Å². The Labute approximate surface area is 216 Å². The molecule has 0 saturated heterocycles. The number of benzene rings is 3. The summed E-state index contributed by atoms with van der Waals surface area (Å²) in [5, 5.41) is 0.588. The van der Waals surface area contributed by atoms with E-state index in [1.807, 2.05) is 72.2 Å². The highest BCUT2D eigenvalue weighted by atomic mass is 32.2. The average molecular weight is 518 g/mol. The molecule has 176 valence electrons. The van der Waals surface area contributed by atoms with E-state index in [1.54, 1.807) is 11.7 Å². The molecule has 0 bridgehead atoms. The Morgan fingerprint density at radius 3 is 2.29 bits per heavy atom. The number of hydrogen-bond donors (Lipinski definition) is 0. The minimum absolute atomic E-state index is 0.157. The lowest BCUT2D eigenvalue weighted by Gasteiger charge is -2.16. The van der Waals surface area contributed by atoms with Gasteiger partial charge in [-0.1, -0.05) is 77.7 Å². The highest BCUT2D eigenvalue weighted by Crippen LogP contribution is 2.32. The Kier molecular flexibility index (Phi) is 6.60. The van der Waals surface area contributed by atoms with Crippen LogP contribution in [0.4, 0.5) is 0 Å². The fourth-order valence-corrected chi connectivity index (χ4v) is 6.36. The normalized spacial score (nSPS) is 11.2. The summed E-state index contributed by atoms with van der Waals surface area (Å²) in [6.07, 6.45) is 0. The zero-order chi connectivity index (χ0) is 24.5. The molecule has 0 fully saturated rings. The lowest BCUT2D eigenvalue weighted by molar-refractivity contribution is 0.411. The van der Waals surface area contributed by atoms with Gasteiger partial charge in [0.15, 0.2) is 14.8 Å². The molecule has 8 heteroatoms. The Balaban J connectivity index is 1.78. The largest absolute Gasteiger partial charge is 0.495 e. The molecule has 0 unspecified atom stereocenters. The van der Waals surface area contributed by atoms with E-state index >= 15 is 0 Å². The summed E-state index contributed by atoms with van der Waals surface area (Å²) in [6.45, 7) is 4.12. The van der Waals surface area contributed by atoms with E-state index in [2.05, 4.69) is 19.1 Å². The van der Waals surface area contributed by atoms with E-state index in [9.17, 15) is 4.79 Å². The van der Waals surface area contributed by atoms with Crippen LogP contribution in [0.3, 0.4) is 0 Å². The van der Waals surface area contributed by atoms with Crippen LogP contribution in [-0.2, 0) is 5.75 Å². The first-order valence-corrected chi connectivity index (χ1v) is 13.3. The van der Waals surface area contributed by atoms with Crippen molar-refractivity contribution in [2.75, 3.05) is 7.11 Å². The number of thiazole rings is 1. The first-order chi connectivity index (χ1) is 17.0. The van der Waals surface area contributed by atoms with Gasteiger partial charge in [-0.15, -0.1) is 0 Å². The summed E-state index contributed by atoms with van der Waals surface area (Å²) in [5.74, 6) is 1.28. The number of methoxy groups -OCH3 is 1. The molecule has 5 rings (SSSR count). The minimum Gasteiger partial charge on any atom is -0.495 e. The van der Waals surface area contributed by atoms with Gasteiger partial charge >= 0.3 is 0 Å². The molecule has 0 spiro atoms. The molecule has 3 aromatic carbocycles. The number of fused-ring (bicyclic) bond motifs is 1. The van der Waals surface area contributed by atoms with Crippen LogP contribution in [0.15, 0.2) is 82.7 Å². The van der Waals surface area contributed by atoms with Crippen molar-refractivity contribution in [3.8, 4) is 17.1 Å². The highest BCUT2D eigenvalue weighted by molar-refractivity contribution is 7.98. The molecule has 0 radical (unpaired) electrons. The van der Waals surface area contributed by atoms with Gasteiger partial charge in [0.1, 0.15) is 10.4 Å². The number of hydrogen-bond acceptors (Lipinski definition) is 6. The van der Waals surface area contributed by atoms with Gasteiger partial charge in [-0.05, 0) is 61.0 Å². The van der Waals surface area contributed by atoms with Gasteiger partial charge in [0.05, 0.1) is 18.5 Å². The van der Waals surface area contributed by atoms with Crippen molar-refractivity contribution in [1.29, 1.82) is 0 Å². The average Bonchev–Trinajstić information content (AvgIpc) is 3.20. The molecule has 0 saturated carbocycles. The standard InChI is InChI=1S/C27H23N3O2S3/c1-17-10-4-6-12-19(17)16-34-26-28-24-23(25(31)30(26)21-14-8-9-15-22(21)32-3)35-27(33)29(24)20-13-7-5-11-18(20)2/h4-15H,16H2,1-3H3. The monoisotopic (exact) mass is 517 g/mol. The number of rotatable bonds is 6. The van der Waals surface area contributed by atoms with Gasteiger partial charge in [-0.3, -0.25) is 13.9 Å². The van der Waals surface area contributed by atoms with Gasteiger partial charge in [0.2, 0.25) is 0 Å². The summed E-state index contributed by atoms with van der Waals surface area (Å²) in [5.41, 5.74) is 5.47. The van der Waals surface area contributed by atoms with E-state index in [0.29, 0.717) is 36.6 Å². The van der Waals surface area contributed by atoms with Crippen LogP contribution in [0.25, 0.3) is 21.7 Å². The molecule has 0 aliphatic carbocycles. The molecular formula is C27H23N3O2S3. The summed E-state index contributed by atoms with van der Waals surface area (Å²) >= 11 is 8.54. The number of nitrogens with zero attached hydrogens (tertiary/aromatic N) is 3. The Morgan fingerprint density at radius 1 is 0.914 bits per heavy atom. The number of ether oxygens (including phenoxy) is 1. The summed E-state index contributed by atoms with van der Waals surface area (Å²) in [6, 6.07) is 23.8. The molecular weight excluding hydrogens is 495 g/mol. The first kappa shape index (κ1) is 23.5. The fourth-order valence-electron chi connectivity index (χ4n) is 4.00. The first-order valence-electron chi connectivity index (χ1n) is 11.0. The summed E-state index contributed by atoms with van der Waals surface area (Å²) < 4.78 is 10.3. The third-order valence-corrected chi connectivity index (χ3v) is 8.22. The molecule has 2 heterocycles. The van der Waals surface area contributed by atoms with Crippen molar-refractivity contribution < 1.29 is 4.74 Å². The number of aromatic nitrogens is 3. The van der Waals surface area contributed by atoms with Crippen LogP contribution < -0.4 is 10.3 Å². The van der Waals surface area contributed by atoms with E-state index in [0.717, 1.165) is 11.3 Å². The maximum absolute atomic E-state index is 14.0. The molecule has 5 nitrogen and oxygen atoms in total. The quantitative estimate of drug-likeness (QED) is 0.140. The molecule has 0 N–H and O–H groups in total. The second-order valence-electron chi connectivity index (χ2n) is 8.06. The van der Waals surface area contributed by atoms with E-state index in [-0.39, 0.29) is 5.56 Å². The van der Waals surface area contributed by atoms with Crippen molar-refractivity contribution in [2.24, 2.45) is 0 Å². The molecule has 35 heavy (non-hydrogen) atoms. The van der Waals surface area contributed by atoms with Gasteiger partial charge in [0, 0.05) is 5.75 Å². The van der Waals surface area contributed by atoms with Crippen LogP contribution >= 0.6 is 35.3 Å². The van der Waals surface area contributed by atoms with E-state index in [4.69, 9.17) is 21.9 Å². The maximum Gasteiger partial charge on any atom is 0.278 e. The summed E-state index contributed by atoms with van der Waals surface area (Å²) in [7, 11) is 1.61. The van der Waals surface area contributed by atoms with Crippen LogP contribution in [0.1, 0.15) is 16.7 Å².